The molecule has 0 fully saturated rings. The lowest BCUT2D eigenvalue weighted by molar-refractivity contribution is -0.116. The number of phenolic OH excluding ortho intramolecular Hbond substituents is 1. The van der Waals surface area contributed by atoms with Gasteiger partial charge in [0.25, 0.3) is 0 Å². The van der Waals surface area contributed by atoms with Crippen LogP contribution in [-0.2, 0) is 4.79 Å². The fraction of sp³-hybridized carbons (Fsp3) is 0.300. The van der Waals surface area contributed by atoms with E-state index in [4.69, 9.17) is 0 Å². The lowest BCUT2D eigenvalue weighted by Gasteiger charge is -2.09. The molecule has 1 atom stereocenters. The molecule has 76 valence electrons. The minimum atomic E-state index is -0.418. The van der Waals surface area contributed by atoms with Gasteiger partial charge in [0.1, 0.15) is 16.4 Å². The topological polar surface area (TPSA) is 37.3 Å². The van der Waals surface area contributed by atoms with E-state index in [2.05, 4.69) is 15.9 Å². The molecular formula is C10H11BrO2S. The summed E-state index contributed by atoms with van der Waals surface area (Å²) in [5, 5.41) is 9.65. The first-order chi connectivity index (χ1) is 6.56. The number of ketones is 1. The second kappa shape index (κ2) is 4.84. The van der Waals surface area contributed by atoms with E-state index < -0.39 is 4.83 Å². The highest BCUT2D eigenvalue weighted by molar-refractivity contribution is 9.09. The van der Waals surface area contributed by atoms with Crippen molar-refractivity contribution in [1.82, 2.24) is 0 Å². The second-order valence-electron chi connectivity index (χ2n) is 2.90. The van der Waals surface area contributed by atoms with Crippen LogP contribution < -0.4 is 0 Å². The number of hydrogen-bond donors (Lipinski definition) is 1. The molecule has 1 rings (SSSR count). The van der Waals surface area contributed by atoms with E-state index in [1.54, 1.807) is 23.9 Å². The third-order valence-corrected chi connectivity index (χ3v) is 3.73. The standard InChI is InChI=1S/C10H11BrO2S/c1-6(12)10(11)8-4-3-7(14-2)5-9(8)13/h3-5,10,13H,1-2H3. The van der Waals surface area contributed by atoms with E-state index in [9.17, 15) is 9.90 Å². The summed E-state index contributed by atoms with van der Waals surface area (Å²) in [5.41, 5.74) is 0.621. The molecular weight excluding hydrogens is 264 g/mol. The largest absolute Gasteiger partial charge is 0.508 e. The van der Waals surface area contributed by atoms with E-state index in [1.807, 2.05) is 12.3 Å². The smallest absolute Gasteiger partial charge is 0.147 e. The number of halogens is 1. The summed E-state index contributed by atoms with van der Waals surface area (Å²) in [6.45, 7) is 1.49. The number of carbonyl (C=O) groups is 1. The van der Waals surface area contributed by atoms with Crippen LogP contribution in [0.1, 0.15) is 17.3 Å². The van der Waals surface area contributed by atoms with Crippen molar-refractivity contribution < 1.29 is 9.90 Å². The molecule has 0 aromatic heterocycles. The van der Waals surface area contributed by atoms with Gasteiger partial charge in [-0.2, -0.15) is 0 Å². The van der Waals surface area contributed by atoms with Crippen molar-refractivity contribution in [2.45, 2.75) is 16.6 Å². The van der Waals surface area contributed by atoms with Gasteiger partial charge in [0.05, 0.1) is 0 Å². The van der Waals surface area contributed by atoms with Gasteiger partial charge in [-0.3, -0.25) is 4.79 Å². The molecule has 2 nitrogen and oxygen atoms in total. The first kappa shape index (κ1) is 11.6. The zero-order valence-corrected chi connectivity index (χ0v) is 10.4. The maximum Gasteiger partial charge on any atom is 0.147 e. The van der Waals surface area contributed by atoms with E-state index in [0.717, 1.165) is 4.90 Å². The summed E-state index contributed by atoms with van der Waals surface area (Å²) < 4.78 is 0. The van der Waals surface area contributed by atoms with Gasteiger partial charge in [-0.1, -0.05) is 22.0 Å². The Bertz CT molecular complexity index is 352. The van der Waals surface area contributed by atoms with Crippen LogP contribution in [0.2, 0.25) is 0 Å². The van der Waals surface area contributed by atoms with Crippen molar-refractivity contribution in [2.24, 2.45) is 0 Å². The highest BCUT2D eigenvalue weighted by Crippen LogP contribution is 2.33. The predicted octanol–water partition coefficient (Wildman–Crippen LogP) is 3.14. The SMILES string of the molecule is CSc1ccc(C(Br)C(C)=O)c(O)c1. The molecule has 0 amide bonds. The number of Topliss-reactive ketones (excluding diaryl/α,β-unsaturated/α-hetero) is 1. The summed E-state index contributed by atoms with van der Waals surface area (Å²) in [7, 11) is 0. The van der Waals surface area contributed by atoms with Crippen molar-refractivity contribution in [3.63, 3.8) is 0 Å². The summed E-state index contributed by atoms with van der Waals surface area (Å²) in [5.74, 6) is 0.145. The van der Waals surface area contributed by atoms with E-state index in [1.165, 1.54) is 6.92 Å². The Labute approximate surface area is 95.8 Å². The monoisotopic (exact) mass is 274 g/mol. The van der Waals surface area contributed by atoms with Crippen molar-refractivity contribution in [1.29, 1.82) is 0 Å². The van der Waals surface area contributed by atoms with Gasteiger partial charge >= 0.3 is 0 Å². The zero-order valence-electron chi connectivity index (χ0n) is 7.95. The van der Waals surface area contributed by atoms with Gasteiger partial charge in [0.15, 0.2) is 0 Å². The van der Waals surface area contributed by atoms with Crippen LogP contribution in [0.5, 0.6) is 5.75 Å². The van der Waals surface area contributed by atoms with Gasteiger partial charge in [-0.25, -0.2) is 0 Å². The number of benzene rings is 1. The molecule has 0 bridgehead atoms. The highest BCUT2D eigenvalue weighted by atomic mass is 79.9. The third-order valence-electron chi connectivity index (χ3n) is 1.87. The molecule has 1 unspecified atom stereocenters. The summed E-state index contributed by atoms with van der Waals surface area (Å²) in [6.07, 6.45) is 1.94. The van der Waals surface area contributed by atoms with Crippen molar-refractivity contribution in [2.75, 3.05) is 6.26 Å². The number of rotatable bonds is 3. The average Bonchev–Trinajstić information content (AvgIpc) is 2.16. The Kier molecular flexibility index (Phi) is 4.01. The van der Waals surface area contributed by atoms with Crippen LogP contribution in [0.3, 0.4) is 0 Å². The van der Waals surface area contributed by atoms with Crippen LogP contribution in [-0.4, -0.2) is 17.1 Å². The first-order valence-electron chi connectivity index (χ1n) is 4.07. The van der Waals surface area contributed by atoms with Crippen molar-refractivity contribution in [3.05, 3.63) is 23.8 Å². The number of carbonyl (C=O) groups excluding carboxylic acids is 1. The number of aromatic hydroxyl groups is 1. The maximum atomic E-state index is 11.1. The molecule has 0 aliphatic heterocycles. The predicted molar refractivity (Wildman–Crippen MR) is 62.2 cm³/mol. The number of thioether (sulfide) groups is 1. The van der Waals surface area contributed by atoms with Crippen LogP contribution in [0.25, 0.3) is 0 Å². The Morgan fingerprint density at radius 3 is 2.64 bits per heavy atom. The number of hydrogen-bond acceptors (Lipinski definition) is 3. The second-order valence-corrected chi connectivity index (χ2v) is 4.69. The van der Waals surface area contributed by atoms with Crippen molar-refractivity contribution >= 4 is 33.5 Å². The molecule has 0 aliphatic carbocycles. The summed E-state index contributed by atoms with van der Waals surface area (Å²) in [6, 6.07) is 5.32. The normalized spacial score (nSPS) is 12.5. The third kappa shape index (κ3) is 2.51. The molecule has 0 aliphatic rings. The lowest BCUT2D eigenvalue weighted by Crippen LogP contribution is -2.01. The van der Waals surface area contributed by atoms with Crippen molar-refractivity contribution in [3.8, 4) is 5.75 Å². The molecule has 1 N–H and O–H groups in total. The fourth-order valence-electron chi connectivity index (χ4n) is 1.08. The Morgan fingerprint density at radius 2 is 2.21 bits per heavy atom. The quantitative estimate of drug-likeness (QED) is 0.680. The van der Waals surface area contributed by atoms with Gasteiger partial charge in [-0.05, 0) is 25.3 Å². The zero-order chi connectivity index (χ0) is 10.7. The minimum absolute atomic E-state index is 0.0165. The van der Waals surface area contributed by atoms with E-state index in [0.29, 0.717) is 5.56 Å². The van der Waals surface area contributed by atoms with Crippen LogP contribution in [0.4, 0.5) is 0 Å². The van der Waals surface area contributed by atoms with E-state index in [-0.39, 0.29) is 11.5 Å². The summed E-state index contributed by atoms with van der Waals surface area (Å²) >= 11 is 4.78. The molecule has 0 heterocycles. The number of alkyl halides is 1. The van der Waals surface area contributed by atoms with Crippen LogP contribution in [0.15, 0.2) is 23.1 Å². The average molecular weight is 275 g/mol. The maximum absolute atomic E-state index is 11.1. The molecule has 0 saturated carbocycles. The highest BCUT2D eigenvalue weighted by Gasteiger charge is 2.16. The number of phenols is 1. The van der Waals surface area contributed by atoms with Gasteiger partial charge < -0.3 is 5.11 Å². The Morgan fingerprint density at radius 1 is 1.57 bits per heavy atom. The lowest BCUT2D eigenvalue weighted by atomic mass is 10.1. The molecule has 14 heavy (non-hydrogen) atoms. The van der Waals surface area contributed by atoms with Crippen LogP contribution >= 0.6 is 27.7 Å². The minimum Gasteiger partial charge on any atom is -0.508 e. The van der Waals surface area contributed by atoms with Gasteiger partial charge in [0.2, 0.25) is 0 Å². The first-order valence-corrected chi connectivity index (χ1v) is 6.21. The van der Waals surface area contributed by atoms with Gasteiger partial charge in [-0.15, -0.1) is 11.8 Å². The molecule has 1 aromatic rings. The molecule has 1 aromatic carbocycles. The summed E-state index contributed by atoms with van der Waals surface area (Å²) in [4.78, 5) is 11.7. The van der Waals surface area contributed by atoms with Crippen LogP contribution in [0, 0.1) is 0 Å². The van der Waals surface area contributed by atoms with E-state index >= 15 is 0 Å². The fourth-order valence-corrected chi connectivity index (χ4v) is 1.90. The molecule has 0 saturated heterocycles. The molecule has 0 radical (unpaired) electrons. The molecule has 4 heteroatoms. The Hall–Kier alpha value is -0.480. The Balaban J connectivity index is 3.05. The van der Waals surface area contributed by atoms with Gasteiger partial charge in [0, 0.05) is 10.5 Å². The molecule has 0 spiro atoms.